The van der Waals surface area contributed by atoms with Crippen molar-refractivity contribution in [2.75, 3.05) is 7.05 Å². The van der Waals surface area contributed by atoms with Crippen molar-refractivity contribution in [2.24, 2.45) is 0 Å². The molecule has 1 rings (SSSR count). The Hall–Kier alpha value is -1.39. The molecule has 1 aromatic heterocycles. The van der Waals surface area contributed by atoms with Gasteiger partial charge >= 0.3 is 0 Å². The van der Waals surface area contributed by atoms with Crippen molar-refractivity contribution in [2.45, 2.75) is 52.5 Å². The number of nitrogens with zero attached hydrogens (tertiary/aromatic N) is 3. The number of aromatic amines is 1. The lowest BCUT2D eigenvalue weighted by Gasteiger charge is -2.24. The van der Waals surface area contributed by atoms with Crippen molar-refractivity contribution in [1.29, 1.82) is 0 Å². The van der Waals surface area contributed by atoms with Crippen molar-refractivity contribution < 1.29 is 4.79 Å². The molecule has 0 saturated heterocycles. The molecular weight excluding hydrogens is 216 g/mol. The first kappa shape index (κ1) is 13.7. The van der Waals surface area contributed by atoms with Gasteiger partial charge < -0.3 is 4.90 Å². The normalized spacial score (nSPS) is 10.9. The van der Waals surface area contributed by atoms with Gasteiger partial charge in [-0.2, -0.15) is 0 Å². The molecule has 0 radical (unpaired) electrons. The Morgan fingerprint density at radius 3 is 2.53 bits per heavy atom. The maximum absolute atomic E-state index is 12.1. The second-order valence-electron chi connectivity index (χ2n) is 4.24. The van der Waals surface area contributed by atoms with Crippen LogP contribution in [-0.4, -0.2) is 39.1 Å². The van der Waals surface area contributed by atoms with Crippen LogP contribution in [0.3, 0.4) is 0 Å². The molecule has 0 aliphatic carbocycles. The fraction of sp³-hybridized carbons (Fsp3) is 0.750. The molecular formula is C12H22N4O. The highest BCUT2D eigenvalue weighted by Gasteiger charge is 2.21. The summed E-state index contributed by atoms with van der Waals surface area (Å²) in [4.78, 5) is 18.1. The van der Waals surface area contributed by atoms with Gasteiger partial charge in [0, 0.05) is 19.5 Å². The summed E-state index contributed by atoms with van der Waals surface area (Å²) in [7, 11) is 1.82. The summed E-state index contributed by atoms with van der Waals surface area (Å²) in [6, 6.07) is 0.260. The van der Waals surface area contributed by atoms with Crippen LogP contribution in [0.15, 0.2) is 0 Å². The van der Waals surface area contributed by atoms with Crippen molar-refractivity contribution in [3.8, 4) is 0 Å². The minimum absolute atomic E-state index is 0.0997. The first-order chi connectivity index (χ1) is 8.13. The molecule has 0 saturated carbocycles. The Bertz CT molecular complexity index is 357. The standard InChI is InChI=1S/C12H22N4O/c1-5-8-10-13-11(15-14-10)12(17)16(4)9(6-2)7-3/h9H,5-8H2,1-4H3,(H,13,14,15). The second-order valence-corrected chi connectivity index (χ2v) is 4.24. The molecule has 0 atom stereocenters. The van der Waals surface area contributed by atoms with Crippen LogP contribution in [0.25, 0.3) is 0 Å². The Kier molecular flexibility index (Phi) is 5.12. The first-order valence-electron chi connectivity index (χ1n) is 6.32. The number of aromatic nitrogens is 3. The van der Waals surface area contributed by atoms with E-state index in [0.717, 1.165) is 31.5 Å². The number of amides is 1. The van der Waals surface area contributed by atoms with Crippen LogP contribution in [0.1, 0.15) is 56.5 Å². The highest BCUT2D eigenvalue weighted by molar-refractivity contribution is 5.90. The summed E-state index contributed by atoms with van der Waals surface area (Å²) in [6.45, 7) is 6.23. The van der Waals surface area contributed by atoms with E-state index in [1.807, 2.05) is 7.05 Å². The van der Waals surface area contributed by atoms with E-state index in [-0.39, 0.29) is 17.8 Å². The molecule has 96 valence electrons. The number of hydrogen-bond acceptors (Lipinski definition) is 3. The van der Waals surface area contributed by atoms with Gasteiger partial charge in [-0.1, -0.05) is 20.8 Å². The lowest BCUT2D eigenvalue weighted by Crippen LogP contribution is -2.36. The first-order valence-corrected chi connectivity index (χ1v) is 6.32. The molecule has 0 spiro atoms. The van der Waals surface area contributed by atoms with E-state index < -0.39 is 0 Å². The van der Waals surface area contributed by atoms with Crippen molar-refractivity contribution >= 4 is 5.91 Å². The number of aryl methyl sites for hydroxylation is 1. The van der Waals surface area contributed by atoms with Crippen LogP contribution in [0, 0.1) is 0 Å². The van der Waals surface area contributed by atoms with Gasteiger partial charge in [-0.15, -0.1) is 5.10 Å². The second kappa shape index (κ2) is 6.37. The lowest BCUT2D eigenvalue weighted by molar-refractivity contribution is 0.0711. The molecule has 5 heteroatoms. The SMILES string of the molecule is CCCc1nc(C(=O)N(C)C(CC)CC)n[nH]1. The highest BCUT2D eigenvalue weighted by atomic mass is 16.2. The predicted octanol–water partition coefficient (Wildman–Crippen LogP) is 2.02. The lowest BCUT2D eigenvalue weighted by atomic mass is 10.1. The summed E-state index contributed by atoms with van der Waals surface area (Å²) in [5, 5.41) is 6.79. The summed E-state index contributed by atoms with van der Waals surface area (Å²) in [5.74, 6) is 0.967. The number of carbonyl (C=O) groups excluding carboxylic acids is 1. The quantitative estimate of drug-likeness (QED) is 0.824. The van der Waals surface area contributed by atoms with Crippen molar-refractivity contribution in [1.82, 2.24) is 20.1 Å². The Morgan fingerprint density at radius 1 is 1.35 bits per heavy atom. The Morgan fingerprint density at radius 2 is 2.00 bits per heavy atom. The third kappa shape index (κ3) is 3.28. The summed E-state index contributed by atoms with van der Waals surface area (Å²) < 4.78 is 0. The zero-order chi connectivity index (χ0) is 12.8. The van der Waals surface area contributed by atoms with Crippen molar-refractivity contribution in [3.63, 3.8) is 0 Å². The van der Waals surface area contributed by atoms with Crippen LogP contribution in [-0.2, 0) is 6.42 Å². The zero-order valence-electron chi connectivity index (χ0n) is 11.2. The number of carbonyl (C=O) groups is 1. The smallest absolute Gasteiger partial charge is 0.293 e. The molecule has 1 amide bonds. The maximum atomic E-state index is 12.1. The third-order valence-corrected chi connectivity index (χ3v) is 3.02. The average molecular weight is 238 g/mol. The van der Waals surface area contributed by atoms with Crippen molar-refractivity contribution in [3.05, 3.63) is 11.6 Å². The predicted molar refractivity (Wildman–Crippen MR) is 66.8 cm³/mol. The third-order valence-electron chi connectivity index (χ3n) is 3.02. The fourth-order valence-corrected chi connectivity index (χ4v) is 1.90. The van der Waals surface area contributed by atoms with E-state index in [4.69, 9.17) is 0 Å². The van der Waals surface area contributed by atoms with E-state index in [9.17, 15) is 4.79 Å². The summed E-state index contributed by atoms with van der Waals surface area (Å²) >= 11 is 0. The molecule has 17 heavy (non-hydrogen) atoms. The van der Waals surface area contributed by atoms with Gasteiger partial charge in [0.25, 0.3) is 5.91 Å². The summed E-state index contributed by atoms with van der Waals surface area (Å²) in [5.41, 5.74) is 0. The molecule has 0 unspecified atom stereocenters. The van der Waals surface area contributed by atoms with Crippen LogP contribution < -0.4 is 0 Å². The highest BCUT2D eigenvalue weighted by Crippen LogP contribution is 2.09. The monoisotopic (exact) mass is 238 g/mol. The summed E-state index contributed by atoms with van der Waals surface area (Å²) in [6.07, 6.45) is 3.72. The number of rotatable bonds is 6. The van der Waals surface area contributed by atoms with E-state index in [2.05, 4.69) is 36.0 Å². The van der Waals surface area contributed by atoms with E-state index in [1.54, 1.807) is 4.90 Å². The van der Waals surface area contributed by atoms with Crippen LogP contribution in [0.2, 0.25) is 0 Å². The van der Waals surface area contributed by atoms with E-state index in [0.29, 0.717) is 0 Å². The molecule has 1 N–H and O–H groups in total. The molecule has 0 bridgehead atoms. The average Bonchev–Trinajstić information content (AvgIpc) is 2.78. The maximum Gasteiger partial charge on any atom is 0.293 e. The van der Waals surface area contributed by atoms with Crippen LogP contribution in [0.5, 0.6) is 0 Å². The van der Waals surface area contributed by atoms with Gasteiger partial charge in [-0.25, -0.2) is 4.98 Å². The van der Waals surface area contributed by atoms with Crippen LogP contribution >= 0.6 is 0 Å². The molecule has 0 aliphatic rings. The largest absolute Gasteiger partial charge is 0.336 e. The molecule has 5 nitrogen and oxygen atoms in total. The number of hydrogen-bond donors (Lipinski definition) is 1. The molecule has 1 heterocycles. The van der Waals surface area contributed by atoms with Crippen LogP contribution in [0.4, 0.5) is 0 Å². The fourth-order valence-electron chi connectivity index (χ4n) is 1.90. The molecule has 0 aliphatic heterocycles. The van der Waals surface area contributed by atoms with E-state index in [1.165, 1.54) is 0 Å². The zero-order valence-corrected chi connectivity index (χ0v) is 11.2. The minimum Gasteiger partial charge on any atom is -0.336 e. The topological polar surface area (TPSA) is 61.9 Å². The van der Waals surface area contributed by atoms with Gasteiger partial charge in [0.1, 0.15) is 5.82 Å². The van der Waals surface area contributed by atoms with Gasteiger partial charge in [0.05, 0.1) is 0 Å². The minimum atomic E-state index is -0.0997. The van der Waals surface area contributed by atoms with Gasteiger partial charge in [0.15, 0.2) is 0 Å². The van der Waals surface area contributed by atoms with Gasteiger partial charge in [-0.05, 0) is 19.3 Å². The Balaban J connectivity index is 2.73. The molecule has 1 aromatic rings. The Labute approximate surface area is 103 Å². The van der Waals surface area contributed by atoms with Gasteiger partial charge in [0.2, 0.25) is 5.82 Å². The van der Waals surface area contributed by atoms with Gasteiger partial charge in [-0.3, -0.25) is 9.89 Å². The number of nitrogens with one attached hydrogen (secondary N) is 1. The number of H-pyrrole nitrogens is 1. The van der Waals surface area contributed by atoms with E-state index >= 15 is 0 Å². The molecule has 0 fully saturated rings. The molecule has 0 aromatic carbocycles.